The van der Waals surface area contributed by atoms with Gasteiger partial charge in [0.25, 0.3) is 0 Å². The van der Waals surface area contributed by atoms with Gasteiger partial charge in [-0.05, 0) is 27.7 Å². The zero-order chi connectivity index (χ0) is 14.7. The molecule has 0 amide bonds. The predicted molar refractivity (Wildman–Crippen MR) is 68.8 cm³/mol. The Kier molecular flexibility index (Phi) is 3.40. The van der Waals surface area contributed by atoms with E-state index in [2.05, 4.69) is 6.92 Å². The summed E-state index contributed by atoms with van der Waals surface area (Å²) in [4.78, 5) is 0. The molecule has 0 spiro atoms. The zero-order valence-electron chi connectivity index (χ0n) is 12.7. The molecule has 3 heterocycles. The molecular formula is C14H24O6. The summed E-state index contributed by atoms with van der Waals surface area (Å²) in [6.07, 6.45) is -1.39. The van der Waals surface area contributed by atoms with Gasteiger partial charge in [0.1, 0.15) is 18.3 Å². The van der Waals surface area contributed by atoms with Crippen LogP contribution in [-0.4, -0.2) is 54.0 Å². The summed E-state index contributed by atoms with van der Waals surface area (Å²) < 4.78 is 29.2. The molecule has 3 fully saturated rings. The highest BCUT2D eigenvalue weighted by molar-refractivity contribution is 4.98. The molecule has 0 radical (unpaired) electrons. The topological polar surface area (TPSA) is 66.4 Å². The molecule has 0 saturated carbocycles. The molecule has 1 N–H and O–H groups in total. The minimum Gasteiger partial charge on any atom is -0.394 e. The second-order valence-corrected chi connectivity index (χ2v) is 6.75. The normalized spacial score (nSPS) is 49.5. The molecule has 0 aliphatic carbocycles. The van der Waals surface area contributed by atoms with Crippen LogP contribution in [-0.2, 0) is 23.7 Å². The first-order chi connectivity index (χ1) is 9.22. The van der Waals surface area contributed by atoms with Gasteiger partial charge in [-0.2, -0.15) is 0 Å². The van der Waals surface area contributed by atoms with E-state index in [1.165, 1.54) is 0 Å². The van der Waals surface area contributed by atoms with Crippen molar-refractivity contribution in [2.24, 2.45) is 5.92 Å². The van der Waals surface area contributed by atoms with Gasteiger partial charge >= 0.3 is 0 Å². The van der Waals surface area contributed by atoms with Crippen molar-refractivity contribution in [2.45, 2.75) is 76.9 Å². The minimum atomic E-state index is -0.709. The van der Waals surface area contributed by atoms with Crippen LogP contribution in [0.4, 0.5) is 0 Å². The average molecular weight is 288 g/mol. The Balaban J connectivity index is 1.74. The fourth-order valence-electron chi connectivity index (χ4n) is 3.34. The number of rotatable bonds is 2. The van der Waals surface area contributed by atoms with Crippen LogP contribution in [0.25, 0.3) is 0 Å². The van der Waals surface area contributed by atoms with E-state index >= 15 is 0 Å². The van der Waals surface area contributed by atoms with Crippen molar-refractivity contribution < 1.29 is 28.8 Å². The molecular weight excluding hydrogens is 264 g/mol. The third kappa shape index (κ3) is 2.38. The average Bonchev–Trinajstić information content (AvgIpc) is 2.89. The van der Waals surface area contributed by atoms with E-state index < -0.39 is 11.6 Å². The van der Waals surface area contributed by atoms with E-state index in [0.29, 0.717) is 0 Å². The summed E-state index contributed by atoms with van der Waals surface area (Å²) in [7, 11) is 0. The molecule has 0 unspecified atom stereocenters. The standard InChI is InChI=1S/C14H24O6/c1-7-9(11-8(6-15)17-13(2,3)19-11)16-12-10(7)18-14(4,5)20-12/h7-12,15H,6H2,1-5H3/t7-,8+,9+,10-,11-,12-/m1/s1. The molecule has 3 aliphatic heterocycles. The summed E-state index contributed by atoms with van der Waals surface area (Å²) >= 11 is 0. The Bertz CT molecular complexity index is 382. The van der Waals surface area contributed by atoms with Crippen LogP contribution in [0.5, 0.6) is 0 Å². The summed E-state index contributed by atoms with van der Waals surface area (Å²) in [5, 5.41) is 9.48. The quantitative estimate of drug-likeness (QED) is 0.818. The molecule has 0 bridgehead atoms. The van der Waals surface area contributed by atoms with Gasteiger partial charge in [0.15, 0.2) is 17.9 Å². The molecule has 6 atom stereocenters. The largest absolute Gasteiger partial charge is 0.394 e. The highest BCUT2D eigenvalue weighted by atomic mass is 16.8. The lowest BCUT2D eigenvalue weighted by molar-refractivity contribution is -0.226. The lowest BCUT2D eigenvalue weighted by Crippen LogP contribution is -2.42. The second kappa shape index (κ2) is 4.63. The van der Waals surface area contributed by atoms with Gasteiger partial charge in [0.05, 0.1) is 12.7 Å². The van der Waals surface area contributed by atoms with Crippen LogP contribution in [0.15, 0.2) is 0 Å². The van der Waals surface area contributed by atoms with E-state index in [1.54, 1.807) is 0 Å². The monoisotopic (exact) mass is 288 g/mol. The van der Waals surface area contributed by atoms with Crippen molar-refractivity contribution in [2.75, 3.05) is 6.61 Å². The van der Waals surface area contributed by atoms with Gasteiger partial charge in [0, 0.05) is 5.92 Å². The fourth-order valence-corrected chi connectivity index (χ4v) is 3.34. The number of hydrogen-bond donors (Lipinski definition) is 1. The molecule has 3 aliphatic rings. The molecule has 116 valence electrons. The molecule has 0 aromatic rings. The van der Waals surface area contributed by atoms with Gasteiger partial charge in [-0.25, -0.2) is 0 Å². The van der Waals surface area contributed by atoms with Crippen LogP contribution in [0.3, 0.4) is 0 Å². The van der Waals surface area contributed by atoms with E-state index in [-0.39, 0.29) is 43.2 Å². The maximum atomic E-state index is 9.48. The third-order valence-corrected chi connectivity index (χ3v) is 4.14. The molecule has 3 rings (SSSR count). The van der Waals surface area contributed by atoms with Gasteiger partial charge in [-0.3, -0.25) is 0 Å². The van der Waals surface area contributed by atoms with E-state index in [0.717, 1.165) is 0 Å². The second-order valence-electron chi connectivity index (χ2n) is 6.75. The van der Waals surface area contributed by atoms with Crippen molar-refractivity contribution in [3.8, 4) is 0 Å². The van der Waals surface area contributed by atoms with Crippen molar-refractivity contribution in [1.29, 1.82) is 0 Å². The SMILES string of the molecule is C[C@H]1[C@H]2OC(C)(C)O[C@H]2O[C@@H]1[C@@H]1OC(C)(C)O[C@H]1CO. The van der Waals surface area contributed by atoms with Crippen molar-refractivity contribution in [1.82, 2.24) is 0 Å². The van der Waals surface area contributed by atoms with Gasteiger partial charge in [0.2, 0.25) is 0 Å². The number of aliphatic hydroxyl groups is 1. The van der Waals surface area contributed by atoms with E-state index in [1.807, 2.05) is 27.7 Å². The lowest BCUT2D eigenvalue weighted by Gasteiger charge is -2.28. The van der Waals surface area contributed by atoms with E-state index in [4.69, 9.17) is 23.7 Å². The summed E-state index contributed by atoms with van der Waals surface area (Å²) in [5.41, 5.74) is 0. The number of hydrogen-bond acceptors (Lipinski definition) is 6. The minimum absolute atomic E-state index is 0.0940. The zero-order valence-corrected chi connectivity index (χ0v) is 12.7. The molecule has 20 heavy (non-hydrogen) atoms. The summed E-state index contributed by atoms with van der Waals surface area (Å²) in [6, 6.07) is 0. The first kappa shape index (κ1) is 14.7. The van der Waals surface area contributed by atoms with Crippen LogP contribution >= 0.6 is 0 Å². The van der Waals surface area contributed by atoms with Crippen molar-refractivity contribution in [3.63, 3.8) is 0 Å². The molecule has 6 nitrogen and oxygen atoms in total. The van der Waals surface area contributed by atoms with Crippen LogP contribution < -0.4 is 0 Å². The third-order valence-electron chi connectivity index (χ3n) is 4.14. The number of ether oxygens (including phenoxy) is 5. The Morgan fingerprint density at radius 2 is 1.45 bits per heavy atom. The fraction of sp³-hybridized carbons (Fsp3) is 1.00. The Morgan fingerprint density at radius 3 is 2.05 bits per heavy atom. The highest BCUT2D eigenvalue weighted by Crippen LogP contribution is 2.44. The van der Waals surface area contributed by atoms with Crippen LogP contribution in [0, 0.1) is 5.92 Å². The molecule has 6 heteroatoms. The van der Waals surface area contributed by atoms with Gasteiger partial charge in [-0.1, -0.05) is 6.92 Å². The molecule has 0 aromatic heterocycles. The lowest BCUT2D eigenvalue weighted by atomic mass is 9.94. The molecule has 3 saturated heterocycles. The van der Waals surface area contributed by atoms with E-state index in [9.17, 15) is 5.11 Å². The smallest absolute Gasteiger partial charge is 0.187 e. The Morgan fingerprint density at radius 1 is 0.850 bits per heavy atom. The summed E-state index contributed by atoms with van der Waals surface area (Å²) in [5.74, 6) is -1.21. The highest BCUT2D eigenvalue weighted by Gasteiger charge is 2.58. The van der Waals surface area contributed by atoms with Crippen LogP contribution in [0.1, 0.15) is 34.6 Å². The first-order valence-corrected chi connectivity index (χ1v) is 7.20. The maximum absolute atomic E-state index is 9.48. The summed E-state index contributed by atoms with van der Waals surface area (Å²) in [6.45, 7) is 9.40. The maximum Gasteiger partial charge on any atom is 0.187 e. The number of aliphatic hydroxyl groups excluding tert-OH is 1. The first-order valence-electron chi connectivity index (χ1n) is 7.20. The van der Waals surface area contributed by atoms with Crippen molar-refractivity contribution >= 4 is 0 Å². The molecule has 0 aromatic carbocycles. The van der Waals surface area contributed by atoms with Crippen molar-refractivity contribution in [3.05, 3.63) is 0 Å². The predicted octanol–water partition coefficient (Wildman–Crippen LogP) is 1.01. The van der Waals surface area contributed by atoms with Crippen LogP contribution in [0.2, 0.25) is 0 Å². The Labute approximate surface area is 119 Å². The van der Waals surface area contributed by atoms with Gasteiger partial charge in [-0.15, -0.1) is 0 Å². The van der Waals surface area contributed by atoms with Gasteiger partial charge < -0.3 is 28.8 Å². The number of fused-ring (bicyclic) bond motifs is 1. The Hall–Kier alpha value is -0.240.